The van der Waals surface area contributed by atoms with E-state index in [2.05, 4.69) is 0 Å². The van der Waals surface area contributed by atoms with Gasteiger partial charge in [0.2, 0.25) is 0 Å². The summed E-state index contributed by atoms with van der Waals surface area (Å²) >= 11 is 0. The molecule has 1 aliphatic carbocycles. The summed E-state index contributed by atoms with van der Waals surface area (Å²) in [6.45, 7) is 7.13. The predicted molar refractivity (Wildman–Crippen MR) is 46.3 cm³/mol. The molecule has 0 bridgehead atoms. The molecule has 0 aromatic heterocycles. The molecule has 0 nitrogen and oxygen atoms in total. The number of hydrogen-bond acceptors (Lipinski definition) is 0. The van der Waals surface area contributed by atoms with Gasteiger partial charge in [-0.25, -0.2) is 0 Å². The van der Waals surface area contributed by atoms with Crippen molar-refractivity contribution in [2.75, 3.05) is 0 Å². The van der Waals surface area contributed by atoms with Crippen molar-refractivity contribution in [2.24, 2.45) is 23.2 Å². The molecule has 0 saturated heterocycles. The summed E-state index contributed by atoms with van der Waals surface area (Å²) in [4.78, 5) is 0. The lowest BCUT2D eigenvalue weighted by Crippen LogP contribution is -2.28. The molecular formula is C10H17F3. The second kappa shape index (κ2) is 2.89. The smallest absolute Gasteiger partial charge is 0.170 e. The van der Waals surface area contributed by atoms with Crippen molar-refractivity contribution in [1.82, 2.24) is 0 Å². The average molecular weight is 194 g/mol. The Morgan fingerprint density at radius 3 is 1.85 bits per heavy atom. The molecule has 0 aliphatic heterocycles. The van der Waals surface area contributed by atoms with Gasteiger partial charge in [0.05, 0.1) is 5.41 Å². The third-order valence-electron chi connectivity index (χ3n) is 3.67. The molecule has 13 heavy (non-hydrogen) atoms. The fourth-order valence-corrected chi connectivity index (χ4v) is 3.04. The van der Waals surface area contributed by atoms with Gasteiger partial charge in [0.25, 0.3) is 0 Å². The van der Waals surface area contributed by atoms with E-state index in [1.165, 1.54) is 0 Å². The number of hydrogen-bond donors (Lipinski definition) is 0. The van der Waals surface area contributed by atoms with Crippen molar-refractivity contribution in [3.63, 3.8) is 0 Å². The Bertz CT molecular complexity index is 195. The Hall–Kier alpha value is -0.210. The van der Waals surface area contributed by atoms with Crippen LogP contribution in [0.1, 0.15) is 34.1 Å². The van der Waals surface area contributed by atoms with E-state index in [4.69, 9.17) is 0 Å². The monoisotopic (exact) mass is 194 g/mol. The van der Waals surface area contributed by atoms with E-state index in [1.807, 2.05) is 13.8 Å². The second-order valence-electron chi connectivity index (χ2n) is 4.45. The van der Waals surface area contributed by atoms with E-state index in [1.54, 1.807) is 13.8 Å². The summed E-state index contributed by atoms with van der Waals surface area (Å²) in [6, 6.07) is 0. The highest BCUT2D eigenvalue weighted by Crippen LogP contribution is 2.71. The third-order valence-corrected chi connectivity index (χ3v) is 3.67. The van der Waals surface area contributed by atoms with Gasteiger partial charge in [-0.05, 0) is 24.2 Å². The number of halogens is 3. The molecule has 3 unspecified atom stereocenters. The molecule has 1 aliphatic rings. The van der Waals surface area contributed by atoms with Crippen LogP contribution >= 0.6 is 0 Å². The normalized spacial score (nSPS) is 39.7. The molecular weight excluding hydrogens is 177 g/mol. The zero-order valence-corrected chi connectivity index (χ0v) is 8.57. The minimum absolute atomic E-state index is 0.136. The maximum absolute atomic E-state index is 12.8. The summed E-state index contributed by atoms with van der Waals surface area (Å²) < 4.78 is 38.3. The van der Waals surface area contributed by atoms with Gasteiger partial charge in [0.15, 0.2) is 0 Å². The summed E-state index contributed by atoms with van der Waals surface area (Å²) in [5.41, 5.74) is -1.37. The largest absolute Gasteiger partial charge is 0.395 e. The fraction of sp³-hybridized carbons (Fsp3) is 1.00. The molecule has 0 amide bonds. The van der Waals surface area contributed by atoms with Gasteiger partial charge in [-0.1, -0.05) is 27.7 Å². The van der Waals surface area contributed by atoms with Crippen molar-refractivity contribution < 1.29 is 13.2 Å². The van der Waals surface area contributed by atoms with Gasteiger partial charge in [0, 0.05) is 0 Å². The maximum Gasteiger partial charge on any atom is 0.395 e. The zero-order chi connectivity index (χ0) is 10.4. The highest BCUT2D eigenvalue weighted by atomic mass is 19.4. The molecule has 0 radical (unpaired) electrons. The maximum atomic E-state index is 12.8. The molecule has 0 aromatic rings. The Balaban J connectivity index is 2.88. The lowest BCUT2D eigenvalue weighted by atomic mass is 9.93. The molecule has 1 saturated carbocycles. The van der Waals surface area contributed by atoms with E-state index < -0.39 is 11.6 Å². The number of rotatable bonds is 2. The molecule has 0 N–H and O–H groups in total. The first-order valence-electron chi connectivity index (χ1n) is 4.85. The van der Waals surface area contributed by atoms with E-state index >= 15 is 0 Å². The van der Waals surface area contributed by atoms with E-state index in [-0.39, 0.29) is 24.2 Å². The van der Waals surface area contributed by atoms with Crippen molar-refractivity contribution in [2.45, 2.75) is 40.3 Å². The molecule has 1 rings (SSSR count). The van der Waals surface area contributed by atoms with Crippen LogP contribution in [0, 0.1) is 23.2 Å². The number of alkyl halides is 3. The first kappa shape index (κ1) is 10.9. The van der Waals surface area contributed by atoms with Gasteiger partial charge in [-0.3, -0.25) is 0 Å². The quantitative estimate of drug-likeness (QED) is 0.626. The lowest BCUT2D eigenvalue weighted by molar-refractivity contribution is -0.198. The van der Waals surface area contributed by atoms with Gasteiger partial charge in [-0.15, -0.1) is 0 Å². The Kier molecular flexibility index (Phi) is 2.42. The summed E-state index contributed by atoms with van der Waals surface area (Å²) in [5.74, 6) is -0.230. The molecule has 0 spiro atoms. The fourth-order valence-electron chi connectivity index (χ4n) is 3.04. The van der Waals surface area contributed by atoms with Gasteiger partial charge >= 0.3 is 6.18 Å². The van der Waals surface area contributed by atoms with Crippen molar-refractivity contribution in [1.29, 1.82) is 0 Å². The first-order valence-corrected chi connectivity index (χ1v) is 4.85. The topological polar surface area (TPSA) is 0 Å². The van der Waals surface area contributed by atoms with Gasteiger partial charge < -0.3 is 0 Å². The van der Waals surface area contributed by atoms with E-state index in [0.29, 0.717) is 0 Å². The molecule has 3 heteroatoms. The standard InChI is InChI=1S/C10H17F3/c1-5-9(10(11,12)13)7(4)8(9)6(2)3/h6-8H,5H2,1-4H3. The summed E-state index contributed by atoms with van der Waals surface area (Å²) in [5, 5.41) is 0. The SMILES string of the molecule is CCC1(C(F)(F)F)C(C)C1C(C)C. The molecule has 78 valence electrons. The van der Waals surface area contributed by atoms with E-state index in [9.17, 15) is 13.2 Å². The Labute approximate surface area is 77.5 Å². The van der Waals surface area contributed by atoms with Crippen LogP contribution in [0.3, 0.4) is 0 Å². The lowest BCUT2D eigenvalue weighted by Gasteiger charge is -2.21. The van der Waals surface area contributed by atoms with Gasteiger partial charge in [-0.2, -0.15) is 13.2 Å². The summed E-state index contributed by atoms with van der Waals surface area (Å²) in [7, 11) is 0. The van der Waals surface area contributed by atoms with Crippen LogP contribution in [0.5, 0.6) is 0 Å². The highest BCUT2D eigenvalue weighted by molar-refractivity contribution is 5.12. The van der Waals surface area contributed by atoms with E-state index in [0.717, 1.165) is 0 Å². The third kappa shape index (κ3) is 1.27. The first-order chi connectivity index (χ1) is 5.79. The highest BCUT2D eigenvalue weighted by Gasteiger charge is 2.74. The molecule has 1 fully saturated rings. The summed E-state index contributed by atoms with van der Waals surface area (Å²) in [6.07, 6.45) is -3.80. The van der Waals surface area contributed by atoms with Crippen LogP contribution in [0.4, 0.5) is 13.2 Å². The molecule has 3 atom stereocenters. The van der Waals surface area contributed by atoms with Gasteiger partial charge in [0.1, 0.15) is 0 Å². The molecule has 0 heterocycles. The zero-order valence-electron chi connectivity index (χ0n) is 8.57. The Morgan fingerprint density at radius 2 is 1.77 bits per heavy atom. The second-order valence-corrected chi connectivity index (χ2v) is 4.45. The van der Waals surface area contributed by atoms with Crippen LogP contribution in [-0.4, -0.2) is 6.18 Å². The van der Waals surface area contributed by atoms with Crippen LogP contribution in [0.2, 0.25) is 0 Å². The van der Waals surface area contributed by atoms with Crippen molar-refractivity contribution >= 4 is 0 Å². The van der Waals surface area contributed by atoms with Crippen LogP contribution in [0.15, 0.2) is 0 Å². The molecule has 0 aromatic carbocycles. The predicted octanol–water partition coefficient (Wildman–Crippen LogP) is 3.87. The minimum atomic E-state index is -4.02. The van der Waals surface area contributed by atoms with Crippen molar-refractivity contribution in [3.05, 3.63) is 0 Å². The van der Waals surface area contributed by atoms with Crippen LogP contribution in [0.25, 0.3) is 0 Å². The van der Waals surface area contributed by atoms with Crippen molar-refractivity contribution in [3.8, 4) is 0 Å². The minimum Gasteiger partial charge on any atom is -0.170 e. The van der Waals surface area contributed by atoms with Crippen LogP contribution < -0.4 is 0 Å². The average Bonchev–Trinajstić information content (AvgIpc) is 2.55. The Morgan fingerprint density at radius 1 is 1.31 bits per heavy atom. The van der Waals surface area contributed by atoms with Crippen LogP contribution in [-0.2, 0) is 0 Å².